The van der Waals surface area contributed by atoms with E-state index >= 15 is 0 Å². The summed E-state index contributed by atoms with van der Waals surface area (Å²) in [5, 5.41) is 2.05. The van der Waals surface area contributed by atoms with Crippen molar-refractivity contribution in [2.24, 2.45) is 5.73 Å². The van der Waals surface area contributed by atoms with Gasteiger partial charge in [0.15, 0.2) is 0 Å². The molecule has 2 N–H and O–H groups in total. The van der Waals surface area contributed by atoms with Crippen LogP contribution in [0.1, 0.15) is 29.0 Å². The van der Waals surface area contributed by atoms with E-state index in [1.54, 1.807) is 11.3 Å². The van der Waals surface area contributed by atoms with Gasteiger partial charge in [0.1, 0.15) is 12.4 Å². The molecule has 1 heterocycles. The number of aryl methyl sites for hydroxylation is 1. The third kappa shape index (κ3) is 3.13. The summed E-state index contributed by atoms with van der Waals surface area (Å²) in [6, 6.07) is 8.14. The Morgan fingerprint density at radius 2 is 2.17 bits per heavy atom. The van der Waals surface area contributed by atoms with Crippen LogP contribution in [0.4, 0.5) is 0 Å². The van der Waals surface area contributed by atoms with Gasteiger partial charge in [-0.3, -0.25) is 0 Å². The normalized spacial score (nSPS) is 12.4. The Kier molecular flexibility index (Phi) is 4.43. The van der Waals surface area contributed by atoms with Crippen molar-refractivity contribution in [3.63, 3.8) is 0 Å². The fourth-order valence-corrected chi connectivity index (χ4v) is 3.10. The zero-order valence-corrected chi connectivity index (χ0v) is 12.8. The maximum absolute atomic E-state index is 5.98. The predicted molar refractivity (Wildman–Crippen MR) is 80.1 cm³/mol. The van der Waals surface area contributed by atoms with Crippen LogP contribution in [0.15, 0.2) is 34.1 Å². The van der Waals surface area contributed by atoms with Gasteiger partial charge in [0, 0.05) is 16.1 Å². The number of rotatable bonds is 4. The molecule has 0 bridgehead atoms. The number of hydrogen-bond acceptors (Lipinski definition) is 3. The van der Waals surface area contributed by atoms with Crippen molar-refractivity contribution in [2.75, 3.05) is 0 Å². The maximum Gasteiger partial charge on any atom is 0.124 e. The molecule has 1 aromatic heterocycles. The third-order valence-corrected chi connectivity index (χ3v) is 4.61. The molecule has 2 aromatic rings. The van der Waals surface area contributed by atoms with Crippen molar-refractivity contribution in [3.8, 4) is 5.75 Å². The fraction of sp³-hybridized carbons (Fsp3) is 0.286. The topological polar surface area (TPSA) is 35.2 Å². The summed E-state index contributed by atoms with van der Waals surface area (Å²) in [6.45, 7) is 4.61. The van der Waals surface area contributed by atoms with Gasteiger partial charge < -0.3 is 10.5 Å². The van der Waals surface area contributed by atoms with Gasteiger partial charge in [-0.05, 0) is 47.3 Å². The van der Waals surface area contributed by atoms with E-state index in [4.69, 9.17) is 10.5 Å². The number of nitrogens with two attached hydrogens (primary N) is 1. The van der Waals surface area contributed by atoms with Crippen LogP contribution in [0, 0.1) is 6.92 Å². The number of thiophene rings is 1. The van der Waals surface area contributed by atoms with Crippen molar-refractivity contribution in [2.45, 2.75) is 26.5 Å². The highest BCUT2D eigenvalue weighted by Crippen LogP contribution is 2.28. The quantitative estimate of drug-likeness (QED) is 0.903. The molecule has 0 saturated heterocycles. The van der Waals surface area contributed by atoms with Crippen LogP contribution in [0.25, 0.3) is 0 Å². The van der Waals surface area contributed by atoms with Gasteiger partial charge >= 0.3 is 0 Å². The van der Waals surface area contributed by atoms with Crippen molar-refractivity contribution in [3.05, 3.63) is 50.1 Å². The van der Waals surface area contributed by atoms with E-state index in [9.17, 15) is 0 Å². The van der Waals surface area contributed by atoms with Crippen LogP contribution in [0.3, 0.4) is 0 Å². The molecule has 0 amide bonds. The molecule has 96 valence electrons. The second-order valence-corrected chi connectivity index (χ2v) is 6.17. The van der Waals surface area contributed by atoms with Gasteiger partial charge in [-0.1, -0.05) is 17.7 Å². The summed E-state index contributed by atoms with van der Waals surface area (Å²) >= 11 is 5.19. The maximum atomic E-state index is 5.98. The molecular weight excluding hydrogens is 310 g/mol. The van der Waals surface area contributed by atoms with Gasteiger partial charge in [0.25, 0.3) is 0 Å². The Morgan fingerprint density at radius 1 is 1.39 bits per heavy atom. The highest BCUT2D eigenvalue weighted by Gasteiger charge is 2.09. The van der Waals surface area contributed by atoms with Gasteiger partial charge in [-0.25, -0.2) is 0 Å². The first kappa shape index (κ1) is 13.6. The Labute approximate surface area is 120 Å². The number of hydrogen-bond donors (Lipinski definition) is 1. The lowest BCUT2D eigenvalue weighted by atomic mass is 10.1. The third-order valence-electron chi connectivity index (χ3n) is 2.71. The van der Waals surface area contributed by atoms with E-state index in [0.717, 1.165) is 15.8 Å². The molecule has 2 rings (SSSR count). The predicted octanol–water partition coefficient (Wildman–Crippen LogP) is 4.42. The van der Waals surface area contributed by atoms with Crippen molar-refractivity contribution in [1.82, 2.24) is 0 Å². The Hall–Kier alpha value is -0.840. The zero-order valence-electron chi connectivity index (χ0n) is 10.4. The summed E-state index contributed by atoms with van der Waals surface area (Å²) < 4.78 is 6.98. The minimum Gasteiger partial charge on any atom is -0.488 e. The number of halogens is 1. The van der Waals surface area contributed by atoms with Crippen molar-refractivity contribution in [1.29, 1.82) is 0 Å². The van der Waals surface area contributed by atoms with Gasteiger partial charge in [-0.15, -0.1) is 11.3 Å². The first-order valence-corrected chi connectivity index (χ1v) is 7.46. The molecule has 2 nitrogen and oxygen atoms in total. The van der Waals surface area contributed by atoms with Crippen LogP contribution >= 0.6 is 27.3 Å². The molecule has 0 saturated carbocycles. The molecule has 4 heteroatoms. The van der Waals surface area contributed by atoms with Crippen LogP contribution in [-0.2, 0) is 6.61 Å². The minimum atomic E-state index is -0.0216. The van der Waals surface area contributed by atoms with Crippen LogP contribution < -0.4 is 10.5 Å². The smallest absolute Gasteiger partial charge is 0.124 e. The van der Waals surface area contributed by atoms with Crippen molar-refractivity contribution < 1.29 is 4.74 Å². The minimum absolute atomic E-state index is 0.0216. The fourth-order valence-electron chi connectivity index (χ4n) is 1.73. The molecule has 0 unspecified atom stereocenters. The summed E-state index contributed by atoms with van der Waals surface area (Å²) in [6.07, 6.45) is 0. The Bertz CT molecular complexity index is 536. The molecular formula is C14H16BrNOS. The molecule has 0 fully saturated rings. The first-order valence-electron chi connectivity index (χ1n) is 5.78. The molecule has 1 atom stereocenters. The second-order valence-electron chi connectivity index (χ2n) is 4.31. The molecule has 0 aliphatic carbocycles. The number of benzene rings is 1. The molecule has 18 heavy (non-hydrogen) atoms. The van der Waals surface area contributed by atoms with E-state index in [1.807, 2.05) is 30.5 Å². The van der Waals surface area contributed by atoms with E-state index in [0.29, 0.717) is 6.61 Å². The summed E-state index contributed by atoms with van der Waals surface area (Å²) in [7, 11) is 0. The largest absolute Gasteiger partial charge is 0.488 e. The summed E-state index contributed by atoms with van der Waals surface area (Å²) in [5.74, 6) is 0.871. The molecule has 0 aliphatic heterocycles. The van der Waals surface area contributed by atoms with Gasteiger partial charge in [0.05, 0.1) is 4.88 Å². The summed E-state index contributed by atoms with van der Waals surface area (Å²) in [5.41, 5.74) is 8.23. The molecule has 1 aromatic carbocycles. The highest BCUT2D eigenvalue weighted by molar-refractivity contribution is 9.10. The molecule has 0 aliphatic rings. The molecule has 0 spiro atoms. The Morgan fingerprint density at radius 3 is 2.78 bits per heavy atom. The van der Waals surface area contributed by atoms with Crippen molar-refractivity contribution >= 4 is 27.3 Å². The lowest BCUT2D eigenvalue weighted by Crippen LogP contribution is -2.08. The molecule has 0 radical (unpaired) electrons. The lowest BCUT2D eigenvalue weighted by Gasteiger charge is -2.14. The van der Waals surface area contributed by atoms with Crippen LogP contribution in [0.5, 0.6) is 5.75 Å². The van der Waals surface area contributed by atoms with E-state index in [2.05, 4.69) is 28.9 Å². The van der Waals surface area contributed by atoms with Gasteiger partial charge in [-0.2, -0.15) is 0 Å². The second kappa shape index (κ2) is 5.87. The summed E-state index contributed by atoms with van der Waals surface area (Å²) in [4.78, 5) is 1.19. The van der Waals surface area contributed by atoms with Gasteiger partial charge in [0.2, 0.25) is 0 Å². The monoisotopic (exact) mass is 325 g/mol. The number of ether oxygens (including phenoxy) is 1. The first-order chi connectivity index (χ1) is 8.58. The standard InChI is InChI=1S/C14H16BrNOS/c1-9-3-4-13(11(7-9)10(2)16)17-8-14-12(15)5-6-18-14/h3-7,10H,8,16H2,1-2H3/t10-/m0/s1. The average molecular weight is 326 g/mol. The zero-order chi connectivity index (χ0) is 13.1. The highest BCUT2D eigenvalue weighted by atomic mass is 79.9. The van der Waals surface area contributed by atoms with E-state index in [1.165, 1.54) is 10.4 Å². The lowest BCUT2D eigenvalue weighted by molar-refractivity contribution is 0.304. The van der Waals surface area contributed by atoms with Crippen LogP contribution in [-0.4, -0.2) is 0 Å². The average Bonchev–Trinajstić information content (AvgIpc) is 2.73. The SMILES string of the molecule is Cc1ccc(OCc2sccc2Br)c([C@H](C)N)c1. The van der Waals surface area contributed by atoms with E-state index in [-0.39, 0.29) is 6.04 Å². The Balaban J connectivity index is 2.16. The van der Waals surface area contributed by atoms with Crippen LogP contribution in [0.2, 0.25) is 0 Å². The van der Waals surface area contributed by atoms with E-state index < -0.39 is 0 Å².